The van der Waals surface area contributed by atoms with Gasteiger partial charge in [-0.3, -0.25) is 19.2 Å². The van der Waals surface area contributed by atoms with Crippen LogP contribution in [0.3, 0.4) is 0 Å². The average molecular weight is 871 g/mol. The zero-order chi connectivity index (χ0) is 49.5. The van der Waals surface area contributed by atoms with Crippen molar-refractivity contribution in [1.29, 1.82) is 0 Å². The lowest BCUT2D eigenvalue weighted by molar-refractivity contribution is -0.118. The predicted octanol–water partition coefficient (Wildman–Crippen LogP) is 5.66. The SMILES string of the molecule is [2H]C([2H])([2H])NC(=O)c1nnc(NC(=O)C2CC2)cc1Nc1cccc(-c2cnn(C3CC3)n2)c1C.[2H]C([2H])([2H])NC(=O)c1nnc(NC(=O)C2CC2)cc1Nc1cccc(-c2ncn(C3CC3)n2)c1C. The van der Waals surface area contributed by atoms with Crippen LogP contribution in [0, 0.1) is 25.7 Å². The Balaban J connectivity index is 0.000000174. The summed E-state index contributed by atoms with van der Waals surface area (Å²) in [5.74, 6) is -1.35. The number of hydrogen-bond acceptors (Lipinski definition) is 14. The van der Waals surface area contributed by atoms with Crippen molar-refractivity contribution in [1.82, 2.24) is 60.8 Å². The Labute approximate surface area is 376 Å². The summed E-state index contributed by atoms with van der Waals surface area (Å²) in [6.07, 6.45) is 11.1. The van der Waals surface area contributed by atoms with Crippen molar-refractivity contribution in [2.45, 2.75) is 77.3 Å². The van der Waals surface area contributed by atoms with Crippen LogP contribution in [-0.4, -0.2) is 87.7 Å². The van der Waals surface area contributed by atoms with E-state index >= 15 is 0 Å². The molecule has 4 aliphatic carbocycles. The number of carbonyl (C=O) groups excluding carboxylic acids is 4. The molecule has 20 heteroatoms. The molecule has 4 amide bonds. The summed E-state index contributed by atoms with van der Waals surface area (Å²) in [4.78, 5) is 55.8. The van der Waals surface area contributed by atoms with Crippen molar-refractivity contribution in [2.24, 2.45) is 11.8 Å². The molecule has 64 heavy (non-hydrogen) atoms. The molecule has 6 N–H and O–H groups in total. The van der Waals surface area contributed by atoms with Gasteiger partial charge >= 0.3 is 0 Å². The van der Waals surface area contributed by atoms with Gasteiger partial charge in [0.2, 0.25) is 11.8 Å². The van der Waals surface area contributed by atoms with Crippen molar-refractivity contribution in [3.05, 3.63) is 83.6 Å². The smallest absolute Gasteiger partial charge is 0.273 e. The van der Waals surface area contributed by atoms with Gasteiger partial charge in [0, 0.05) is 68.6 Å². The van der Waals surface area contributed by atoms with E-state index in [-0.39, 0.29) is 58.0 Å². The van der Waals surface area contributed by atoms with E-state index in [0.29, 0.717) is 29.3 Å². The Morgan fingerprint density at radius 2 is 1.17 bits per heavy atom. The van der Waals surface area contributed by atoms with Crippen molar-refractivity contribution in [3.8, 4) is 22.6 Å². The average Bonchev–Trinajstić information content (AvgIpc) is 4.08. The minimum atomic E-state index is -2.70. The van der Waals surface area contributed by atoms with Gasteiger partial charge in [-0.2, -0.15) is 20.1 Å². The van der Waals surface area contributed by atoms with Crippen molar-refractivity contribution in [3.63, 3.8) is 0 Å². The first-order valence-electron chi connectivity index (χ1n) is 23.9. The summed E-state index contributed by atoms with van der Waals surface area (Å²) in [7, 11) is 0. The second kappa shape index (κ2) is 17.6. The molecule has 0 atom stereocenters. The van der Waals surface area contributed by atoms with Crippen LogP contribution in [0.1, 0.15) is 104 Å². The van der Waals surface area contributed by atoms with Gasteiger partial charge in [-0.1, -0.05) is 24.3 Å². The number of aromatic nitrogens is 10. The largest absolute Gasteiger partial charge is 0.354 e. The van der Waals surface area contributed by atoms with E-state index in [1.54, 1.807) is 17.3 Å². The Kier molecular flexibility index (Phi) is 9.60. The Hall–Kier alpha value is -7.64. The van der Waals surface area contributed by atoms with Crippen molar-refractivity contribution >= 4 is 58.0 Å². The molecular weight excluding hydrogens is 817 g/mol. The molecule has 0 bridgehead atoms. The van der Waals surface area contributed by atoms with Crippen molar-refractivity contribution < 1.29 is 27.4 Å². The quantitative estimate of drug-likeness (QED) is 0.0773. The zero-order valence-corrected chi connectivity index (χ0v) is 34.8. The second-order valence-electron chi connectivity index (χ2n) is 16.2. The van der Waals surface area contributed by atoms with Gasteiger partial charge in [-0.25, -0.2) is 9.67 Å². The molecule has 2 aromatic carbocycles. The maximum Gasteiger partial charge on any atom is 0.273 e. The minimum Gasteiger partial charge on any atom is -0.354 e. The number of amides is 4. The fourth-order valence-corrected chi connectivity index (χ4v) is 6.84. The van der Waals surface area contributed by atoms with Gasteiger partial charge in [0.1, 0.15) is 12.0 Å². The fourth-order valence-electron chi connectivity index (χ4n) is 6.84. The molecule has 0 radical (unpaired) electrons. The molecule has 4 saturated carbocycles. The molecule has 10 rings (SSSR count). The van der Waals surface area contributed by atoms with Gasteiger partial charge in [0.25, 0.3) is 11.8 Å². The molecule has 0 unspecified atom stereocenters. The van der Waals surface area contributed by atoms with Gasteiger partial charge < -0.3 is 31.9 Å². The topological polar surface area (TPSA) is 253 Å². The highest BCUT2D eigenvalue weighted by molar-refractivity contribution is 6.01. The van der Waals surface area contributed by atoms with Crippen LogP contribution in [0.2, 0.25) is 0 Å². The van der Waals surface area contributed by atoms with Crippen LogP contribution in [-0.2, 0) is 9.59 Å². The van der Waals surface area contributed by atoms with Gasteiger partial charge in [0.05, 0.1) is 29.7 Å². The molecule has 4 heterocycles. The first-order chi connectivity index (χ1) is 33.4. The molecule has 20 nitrogen and oxygen atoms in total. The van der Waals surface area contributed by atoms with Gasteiger partial charge in [0.15, 0.2) is 28.8 Å². The highest BCUT2D eigenvalue weighted by atomic mass is 16.2. The summed E-state index contributed by atoms with van der Waals surface area (Å²) >= 11 is 0. The molecule has 4 aromatic heterocycles. The summed E-state index contributed by atoms with van der Waals surface area (Å²) in [5.41, 5.74) is 5.33. The number of nitrogens with one attached hydrogen (secondary N) is 6. The molecular formula is C44H48N16O4. The third kappa shape index (κ3) is 9.39. The number of anilines is 6. The number of benzene rings is 2. The molecule has 4 fully saturated rings. The lowest BCUT2D eigenvalue weighted by Crippen LogP contribution is -2.22. The maximum absolute atomic E-state index is 12.6. The standard InChI is InChI=1S/2C22H24N8O2/c1-12-15(18-11-24-30(29-18)14-8-9-14)4-3-5-16(12)25-17-10-19(26-21(31)13-6-7-13)27-28-20(17)22(32)23-2;1-12-15(20-24-11-30(29-20)14-8-9-14)4-3-5-16(12)25-17-10-18(26-21(31)13-6-7-13)27-28-19(17)22(32)23-2/h2*3-5,10-11,13-14H,6-9H2,1-2H3,(H,23,32)(H2,25,26,27,31)/i2*2D3. The van der Waals surface area contributed by atoms with E-state index in [4.69, 9.17) is 8.22 Å². The maximum atomic E-state index is 12.6. The number of hydrogen-bond donors (Lipinski definition) is 6. The molecule has 6 aromatic rings. The lowest BCUT2D eigenvalue weighted by atomic mass is 10.0. The molecule has 0 spiro atoms. The summed E-state index contributed by atoms with van der Waals surface area (Å²) < 4.78 is 45.9. The van der Waals surface area contributed by atoms with Gasteiger partial charge in [-0.05, 0) is 88.5 Å². The molecule has 328 valence electrons. The fraction of sp³-hybridized carbons (Fsp3) is 0.364. The highest BCUT2D eigenvalue weighted by Gasteiger charge is 2.32. The summed E-state index contributed by atoms with van der Waals surface area (Å²) in [5, 5.41) is 44.8. The van der Waals surface area contributed by atoms with E-state index in [2.05, 4.69) is 61.9 Å². The Morgan fingerprint density at radius 1 is 0.641 bits per heavy atom. The van der Waals surface area contributed by atoms with E-state index in [1.807, 2.05) is 65.6 Å². The molecule has 4 aliphatic rings. The summed E-state index contributed by atoms with van der Waals surface area (Å²) in [6.45, 7) is -1.60. The third-order valence-electron chi connectivity index (χ3n) is 11.2. The number of carbonyl (C=O) groups is 4. The monoisotopic (exact) mass is 870 g/mol. The highest BCUT2D eigenvalue weighted by Crippen LogP contribution is 2.37. The van der Waals surface area contributed by atoms with Crippen LogP contribution >= 0.6 is 0 Å². The number of nitrogens with zero attached hydrogens (tertiary/aromatic N) is 10. The van der Waals surface area contributed by atoms with E-state index in [1.165, 1.54) is 12.1 Å². The third-order valence-corrected chi connectivity index (χ3v) is 11.2. The van der Waals surface area contributed by atoms with Crippen LogP contribution in [0.4, 0.5) is 34.4 Å². The Morgan fingerprint density at radius 3 is 1.69 bits per heavy atom. The first kappa shape index (κ1) is 34.9. The van der Waals surface area contributed by atoms with E-state index in [0.717, 1.165) is 79.3 Å². The van der Waals surface area contributed by atoms with Crippen LogP contribution in [0.5, 0.6) is 0 Å². The zero-order valence-electron chi connectivity index (χ0n) is 40.8. The minimum absolute atomic E-state index is 0.0466. The lowest BCUT2D eigenvalue weighted by Gasteiger charge is -2.15. The van der Waals surface area contributed by atoms with Crippen LogP contribution in [0.25, 0.3) is 22.6 Å². The Bertz CT molecular complexity index is 2800. The molecule has 0 aliphatic heterocycles. The van der Waals surface area contributed by atoms with E-state index in [9.17, 15) is 19.2 Å². The van der Waals surface area contributed by atoms with E-state index < -0.39 is 25.8 Å². The molecule has 0 saturated heterocycles. The van der Waals surface area contributed by atoms with Crippen LogP contribution in [0.15, 0.2) is 61.1 Å². The normalized spacial score (nSPS) is 17.1. The van der Waals surface area contributed by atoms with Crippen LogP contribution < -0.4 is 31.9 Å². The van der Waals surface area contributed by atoms with Gasteiger partial charge in [-0.15, -0.1) is 20.4 Å². The first-order valence-corrected chi connectivity index (χ1v) is 20.9. The predicted molar refractivity (Wildman–Crippen MR) is 237 cm³/mol. The number of rotatable bonds is 14. The second-order valence-corrected chi connectivity index (χ2v) is 16.2. The van der Waals surface area contributed by atoms with Crippen molar-refractivity contribution in [2.75, 3.05) is 35.2 Å². The summed E-state index contributed by atoms with van der Waals surface area (Å²) in [6, 6.07) is 14.8.